The summed E-state index contributed by atoms with van der Waals surface area (Å²) in [6, 6.07) is 20.0. The highest BCUT2D eigenvalue weighted by Gasteiger charge is 2.31. The molecule has 4 amide bonds. The van der Waals surface area contributed by atoms with Crippen molar-refractivity contribution in [1.29, 1.82) is 0 Å². The number of rotatable bonds is 5. The van der Waals surface area contributed by atoms with Gasteiger partial charge in [0, 0.05) is 36.1 Å². The van der Waals surface area contributed by atoms with Crippen LogP contribution in [0.3, 0.4) is 0 Å². The fraction of sp³-hybridized carbons (Fsp3) is 0.0385. The summed E-state index contributed by atoms with van der Waals surface area (Å²) in [5.74, 6) is -0.795. The van der Waals surface area contributed by atoms with Gasteiger partial charge in [0.2, 0.25) is 0 Å². The quantitative estimate of drug-likeness (QED) is 0.218. The van der Waals surface area contributed by atoms with Crippen molar-refractivity contribution in [2.75, 3.05) is 17.7 Å². The van der Waals surface area contributed by atoms with Crippen molar-refractivity contribution in [2.24, 2.45) is 0 Å². The summed E-state index contributed by atoms with van der Waals surface area (Å²) in [6.45, 7) is 0. The van der Waals surface area contributed by atoms with Gasteiger partial charge in [0.1, 0.15) is 5.70 Å². The first-order chi connectivity index (χ1) is 17.3. The van der Waals surface area contributed by atoms with Crippen molar-refractivity contribution in [3.8, 4) is 0 Å². The molecule has 0 saturated carbocycles. The maximum Gasteiger partial charge on any atom is 0.328 e. The smallest absolute Gasteiger partial charge is 0.328 e. The average molecular weight is 481 g/mol. The number of benzene rings is 3. The van der Waals surface area contributed by atoms with E-state index >= 15 is 0 Å². The first kappa shape index (κ1) is 22.5. The van der Waals surface area contributed by atoms with Gasteiger partial charge in [0.15, 0.2) is 0 Å². The molecular weight excluding hydrogens is 462 g/mol. The molecule has 0 aromatic heterocycles. The molecule has 10 nitrogen and oxygen atoms in total. The number of likely N-dealkylation sites (N-methyl/N-ethyl adjacent to an activating group) is 1. The van der Waals surface area contributed by atoms with Crippen LogP contribution in [0.25, 0.3) is 17.3 Å². The topological polar surface area (TPSA) is 134 Å². The molecule has 1 saturated heterocycles. The predicted molar refractivity (Wildman–Crippen MR) is 134 cm³/mol. The Morgan fingerprint density at radius 3 is 2.33 bits per heavy atom. The molecule has 178 valence electrons. The minimum Gasteiger partial charge on any atom is -0.354 e. The molecule has 0 spiro atoms. The summed E-state index contributed by atoms with van der Waals surface area (Å²) in [7, 11) is 1.40. The van der Waals surface area contributed by atoms with Crippen LogP contribution in [0.15, 0.2) is 78.5 Å². The van der Waals surface area contributed by atoms with E-state index in [1.807, 2.05) is 30.3 Å². The number of hydrogen-bond acceptors (Lipinski definition) is 6. The normalized spacial score (nSPS) is 17.1. The maximum absolute atomic E-state index is 13.0. The number of nitrogens with zero attached hydrogens (tertiary/aromatic N) is 2. The zero-order chi connectivity index (χ0) is 25.4. The number of nitro groups is 1. The number of amides is 4. The van der Waals surface area contributed by atoms with Gasteiger partial charge in [-0.05, 0) is 35.4 Å². The van der Waals surface area contributed by atoms with Crippen LogP contribution in [0.2, 0.25) is 0 Å². The molecule has 0 radical (unpaired) electrons. The summed E-state index contributed by atoms with van der Waals surface area (Å²) in [5, 5.41) is 19.9. The summed E-state index contributed by atoms with van der Waals surface area (Å²) < 4.78 is 0. The van der Waals surface area contributed by atoms with Gasteiger partial charge < -0.3 is 16.0 Å². The molecule has 0 atom stereocenters. The van der Waals surface area contributed by atoms with Crippen LogP contribution in [-0.2, 0) is 9.59 Å². The van der Waals surface area contributed by atoms with Gasteiger partial charge >= 0.3 is 6.03 Å². The molecule has 2 aliphatic heterocycles. The van der Waals surface area contributed by atoms with E-state index in [0.717, 1.165) is 10.5 Å². The molecular formula is C26H19N5O5. The van der Waals surface area contributed by atoms with E-state index in [9.17, 15) is 24.5 Å². The van der Waals surface area contributed by atoms with Gasteiger partial charge in [0.05, 0.1) is 16.2 Å². The van der Waals surface area contributed by atoms with Crippen LogP contribution in [0.5, 0.6) is 0 Å². The minimum atomic E-state index is -0.501. The number of imide groups is 1. The highest BCUT2D eigenvalue weighted by atomic mass is 16.6. The number of fused-ring (bicyclic) bond motifs is 1. The van der Waals surface area contributed by atoms with Crippen molar-refractivity contribution in [1.82, 2.24) is 10.2 Å². The highest BCUT2D eigenvalue weighted by molar-refractivity contribution is 6.37. The lowest BCUT2D eigenvalue weighted by Crippen LogP contribution is -2.25. The third-order valence-electron chi connectivity index (χ3n) is 5.84. The molecule has 36 heavy (non-hydrogen) atoms. The standard InChI is InChI=1S/C26H19N5O5/c1-30-25(33)21(29-26(30)34)13-15-7-9-17(10-8-15)27-23(16-5-3-2-4-6-16)22-19-14-18(31(35)36)11-12-20(19)28-24(22)32/h2-14,27H,1H3,(H,28,32)(H,29,34). The Kier molecular flexibility index (Phi) is 5.53. The van der Waals surface area contributed by atoms with Crippen LogP contribution in [0.4, 0.5) is 21.9 Å². The molecule has 3 aromatic carbocycles. The van der Waals surface area contributed by atoms with Gasteiger partial charge in [-0.3, -0.25) is 24.6 Å². The van der Waals surface area contributed by atoms with Crippen molar-refractivity contribution >= 4 is 52.3 Å². The Balaban J connectivity index is 1.54. The van der Waals surface area contributed by atoms with E-state index in [-0.39, 0.29) is 22.9 Å². The lowest BCUT2D eigenvalue weighted by Gasteiger charge is -2.15. The number of carbonyl (C=O) groups excluding carboxylic acids is 3. The molecule has 3 aromatic rings. The van der Waals surface area contributed by atoms with Crippen LogP contribution in [0, 0.1) is 10.1 Å². The molecule has 0 unspecified atom stereocenters. The molecule has 2 heterocycles. The third kappa shape index (κ3) is 4.07. The van der Waals surface area contributed by atoms with Gasteiger partial charge in [-0.2, -0.15) is 0 Å². The zero-order valence-corrected chi connectivity index (χ0v) is 18.9. The van der Waals surface area contributed by atoms with E-state index in [4.69, 9.17) is 0 Å². The summed E-state index contributed by atoms with van der Waals surface area (Å²) in [5.41, 5.74) is 3.81. The van der Waals surface area contributed by atoms with Crippen LogP contribution in [-0.4, -0.2) is 34.7 Å². The third-order valence-corrected chi connectivity index (χ3v) is 5.84. The predicted octanol–water partition coefficient (Wildman–Crippen LogP) is 4.05. The Labute approximate surface area is 205 Å². The van der Waals surface area contributed by atoms with Gasteiger partial charge in [-0.1, -0.05) is 42.5 Å². The van der Waals surface area contributed by atoms with Crippen molar-refractivity contribution in [2.45, 2.75) is 0 Å². The second kappa shape index (κ2) is 8.84. The molecule has 0 aliphatic carbocycles. The summed E-state index contributed by atoms with van der Waals surface area (Å²) in [6.07, 6.45) is 1.57. The number of non-ortho nitro benzene ring substituents is 1. The first-order valence-electron chi connectivity index (χ1n) is 10.9. The molecule has 2 aliphatic rings. The van der Waals surface area contributed by atoms with Crippen molar-refractivity contribution in [3.05, 3.63) is 105 Å². The van der Waals surface area contributed by atoms with E-state index in [1.165, 1.54) is 25.2 Å². The molecule has 1 fully saturated rings. The van der Waals surface area contributed by atoms with Crippen LogP contribution < -0.4 is 16.0 Å². The summed E-state index contributed by atoms with van der Waals surface area (Å²) in [4.78, 5) is 48.6. The number of carbonyl (C=O) groups is 3. The SMILES string of the molecule is CN1C(=O)NC(=Cc2ccc(NC(=C3C(=O)Nc4ccc([N+](=O)[O-])cc43)c3ccccc3)cc2)C1=O. The monoisotopic (exact) mass is 481 g/mol. The first-order valence-corrected chi connectivity index (χ1v) is 10.9. The fourth-order valence-corrected chi connectivity index (χ4v) is 4.00. The minimum absolute atomic E-state index is 0.119. The number of nitro benzene ring substituents is 1. The maximum atomic E-state index is 13.0. The van der Waals surface area contributed by atoms with E-state index in [2.05, 4.69) is 16.0 Å². The Hall–Kier alpha value is -5.25. The molecule has 0 bridgehead atoms. The lowest BCUT2D eigenvalue weighted by atomic mass is 9.99. The number of anilines is 2. The Morgan fingerprint density at radius 1 is 0.972 bits per heavy atom. The van der Waals surface area contributed by atoms with E-state index in [0.29, 0.717) is 28.2 Å². The number of hydrogen-bond donors (Lipinski definition) is 3. The van der Waals surface area contributed by atoms with Gasteiger partial charge in [-0.25, -0.2) is 4.79 Å². The van der Waals surface area contributed by atoms with Crippen LogP contribution in [0.1, 0.15) is 16.7 Å². The summed E-state index contributed by atoms with van der Waals surface area (Å²) >= 11 is 0. The molecule has 3 N–H and O–H groups in total. The highest BCUT2D eigenvalue weighted by Crippen LogP contribution is 2.39. The zero-order valence-electron chi connectivity index (χ0n) is 18.9. The van der Waals surface area contributed by atoms with Crippen LogP contribution >= 0.6 is 0 Å². The second-order valence-corrected chi connectivity index (χ2v) is 8.16. The van der Waals surface area contributed by atoms with Gasteiger partial charge in [-0.15, -0.1) is 0 Å². The lowest BCUT2D eigenvalue weighted by molar-refractivity contribution is -0.384. The van der Waals surface area contributed by atoms with Gasteiger partial charge in [0.25, 0.3) is 17.5 Å². The van der Waals surface area contributed by atoms with Crippen molar-refractivity contribution < 1.29 is 19.3 Å². The average Bonchev–Trinajstić information content (AvgIpc) is 3.33. The van der Waals surface area contributed by atoms with E-state index < -0.39 is 16.9 Å². The second-order valence-electron chi connectivity index (χ2n) is 8.16. The number of nitrogens with one attached hydrogen (secondary N) is 3. The molecule has 5 rings (SSSR count). The number of urea groups is 1. The Bertz CT molecular complexity index is 1490. The molecule has 10 heteroatoms. The van der Waals surface area contributed by atoms with Crippen molar-refractivity contribution in [3.63, 3.8) is 0 Å². The fourth-order valence-electron chi connectivity index (χ4n) is 4.00. The Morgan fingerprint density at radius 2 is 1.69 bits per heavy atom. The largest absolute Gasteiger partial charge is 0.354 e. The van der Waals surface area contributed by atoms with E-state index in [1.54, 1.807) is 30.3 Å².